The fraction of sp³-hybridized carbons (Fsp3) is 0.765. The van der Waals surface area contributed by atoms with Crippen LogP contribution in [0.4, 0.5) is 0 Å². The molecule has 1 N–H and O–H groups in total. The quantitative estimate of drug-likeness (QED) is 0.909. The summed E-state index contributed by atoms with van der Waals surface area (Å²) in [7, 11) is 0. The van der Waals surface area contributed by atoms with E-state index in [2.05, 4.69) is 28.7 Å². The van der Waals surface area contributed by atoms with Gasteiger partial charge in [-0.25, -0.2) is 9.97 Å². The highest BCUT2D eigenvalue weighted by Crippen LogP contribution is 2.30. The number of aryl methyl sites for hydroxylation is 2. The molecule has 2 fully saturated rings. The largest absolute Gasteiger partial charge is 0.393 e. The topological polar surface area (TPSA) is 49.2 Å². The van der Waals surface area contributed by atoms with Crippen molar-refractivity contribution >= 4 is 0 Å². The lowest BCUT2D eigenvalue weighted by Gasteiger charge is -2.39. The number of rotatable bonds is 2. The van der Waals surface area contributed by atoms with Crippen LogP contribution in [0.3, 0.4) is 0 Å². The third-order valence-electron chi connectivity index (χ3n) is 5.08. The van der Waals surface area contributed by atoms with Gasteiger partial charge in [-0.15, -0.1) is 0 Å². The maximum atomic E-state index is 9.63. The molecular formula is C17H27N3O. The number of hydrogen-bond acceptors (Lipinski definition) is 4. The lowest BCUT2D eigenvalue weighted by atomic mass is 9.88. The fourth-order valence-corrected chi connectivity index (χ4v) is 3.88. The molecule has 1 saturated carbocycles. The molecule has 1 saturated heterocycles. The van der Waals surface area contributed by atoms with Crippen molar-refractivity contribution in [3.8, 4) is 0 Å². The number of aliphatic hydroxyl groups excluding tert-OH is 1. The van der Waals surface area contributed by atoms with Gasteiger partial charge in [0, 0.05) is 23.3 Å². The van der Waals surface area contributed by atoms with Crippen LogP contribution in [0.5, 0.6) is 0 Å². The first kappa shape index (κ1) is 14.9. The van der Waals surface area contributed by atoms with Crippen LogP contribution < -0.4 is 0 Å². The monoisotopic (exact) mass is 289 g/mol. The smallest absolute Gasteiger partial charge is 0.132 e. The maximum absolute atomic E-state index is 9.63. The van der Waals surface area contributed by atoms with Gasteiger partial charge >= 0.3 is 0 Å². The summed E-state index contributed by atoms with van der Waals surface area (Å²) in [6, 6.07) is 2.74. The van der Waals surface area contributed by atoms with Crippen molar-refractivity contribution < 1.29 is 5.11 Å². The molecule has 0 radical (unpaired) electrons. The number of likely N-dealkylation sites (tertiary alicyclic amines) is 1. The molecule has 2 aliphatic rings. The molecule has 4 nitrogen and oxygen atoms in total. The second-order valence-corrected chi connectivity index (χ2v) is 6.78. The van der Waals surface area contributed by atoms with E-state index in [0.29, 0.717) is 12.0 Å². The van der Waals surface area contributed by atoms with E-state index in [9.17, 15) is 5.11 Å². The molecule has 0 unspecified atom stereocenters. The molecule has 0 amide bonds. The Kier molecular flexibility index (Phi) is 4.55. The molecular weight excluding hydrogens is 262 g/mol. The van der Waals surface area contributed by atoms with Crippen LogP contribution in [-0.2, 0) is 0 Å². The van der Waals surface area contributed by atoms with Crippen LogP contribution in [0.2, 0.25) is 0 Å². The van der Waals surface area contributed by atoms with Crippen molar-refractivity contribution in [3.63, 3.8) is 0 Å². The number of hydrogen-bond donors (Lipinski definition) is 1. The molecule has 4 heteroatoms. The van der Waals surface area contributed by atoms with Crippen molar-refractivity contribution in [2.24, 2.45) is 0 Å². The predicted molar refractivity (Wildman–Crippen MR) is 83.3 cm³/mol. The van der Waals surface area contributed by atoms with Crippen LogP contribution >= 0.6 is 0 Å². The highest BCUT2D eigenvalue weighted by molar-refractivity contribution is 5.11. The van der Waals surface area contributed by atoms with Gasteiger partial charge in [-0.05, 0) is 71.5 Å². The molecule has 1 aliphatic heterocycles. The van der Waals surface area contributed by atoms with Crippen molar-refractivity contribution in [1.82, 2.24) is 14.9 Å². The van der Waals surface area contributed by atoms with Gasteiger partial charge in [-0.1, -0.05) is 0 Å². The minimum Gasteiger partial charge on any atom is -0.393 e. The predicted octanol–water partition coefficient (Wildman–Crippen LogP) is 2.58. The van der Waals surface area contributed by atoms with Gasteiger partial charge in [0.2, 0.25) is 0 Å². The van der Waals surface area contributed by atoms with Gasteiger partial charge in [0.25, 0.3) is 0 Å². The van der Waals surface area contributed by atoms with E-state index < -0.39 is 0 Å². The normalized spacial score (nSPS) is 28.7. The molecule has 21 heavy (non-hydrogen) atoms. The lowest BCUT2D eigenvalue weighted by Crippen LogP contribution is -2.43. The fourth-order valence-electron chi connectivity index (χ4n) is 3.88. The Bertz CT molecular complexity index is 455. The van der Waals surface area contributed by atoms with Gasteiger partial charge in [0.15, 0.2) is 0 Å². The van der Waals surface area contributed by atoms with E-state index in [-0.39, 0.29) is 6.10 Å². The molecule has 1 aromatic heterocycles. The lowest BCUT2D eigenvalue weighted by molar-refractivity contribution is 0.0613. The van der Waals surface area contributed by atoms with Crippen LogP contribution in [0, 0.1) is 13.8 Å². The molecule has 0 aromatic carbocycles. The average Bonchev–Trinajstić information content (AvgIpc) is 2.47. The Labute approximate surface area is 127 Å². The number of aliphatic hydroxyl groups is 1. The van der Waals surface area contributed by atoms with Crippen molar-refractivity contribution in [2.75, 3.05) is 13.1 Å². The molecule has 3 rings (SSSR count). The molecule has 2 heterocycles. The van der Waals surface area contributed by atoms with Crippen LogP contribution in [0.25, 0.3) is 0 Å². The minimum atomic E-state index is -0.0533. The SMILES string of the molecule is Cc1cc(C)nc(C2CCN(C3CCC(O)CC3)CC2)n1. The average molecular weight is 289 g/mol. The van der Waals surface area contributed by atoms with E-state index in [0.717, 1.165) is 56.0 Å². The van der Waals surface area contributed by atoms with E-state index in [1.807, 2.05) is 6.07 Å². The molecule has 116 valence electrons. The van der Waals surface area contributed by atoms with Crippen molar-refractivity contribution in [2.45, 2.75) is 70.4 Å². The number of nitrogens with zero attached hydrogens (tertiary/aromatic N) is 3. The summed E-state index contributed by atoms with van der Waals surface area (Å²) in [5.74, 6) is 1.57. The maximum Gasteiger partial charge on any atom is 0.132 e. The summed E-state index contributed by atoms with van der Waals surface area (Å²) in [6.07, 6.45) is 6.56. The van der Waals surface area contributed by atoms with Crippen molar-refractivity contribution in [3.05, 3.63) is 23.3 Å². The first-order chi connectivity index (χ1) is 10.1. The number of aromatic nitrogens is 2. The zero-order valence-corrected chi connectivity index (χ0v) is 13.3. The molecule has 1 aromatic rings. The summed E-state index contributed by atoms with van der Waals surface area (Å²) in [5, 5.41) is 9.63. The standard InChI is InChI=1S/C17H27N3O/c1-12-11-13(2)19-17(18-12)14-7-9-20(10-8-14)15-3-5-16(21)6-4-15/h11,14-16,21H,3-10H2,1-2H3. The molecule has 0 bridgehead atoms. The van der Waals surface area contributed by atoms with Crippen molar-refractivity contribution in [1.29, 1.82) is 0 Å². The Balaban J connectivity index is 1.57. The van der Waals surface area contributed by atoms with Gasteiger partial charge in [-0.2, -0.15) is 0 Å². The van der Waals surface area contributed by atoms with Gasteiger partial charge in [0.1, 0.15) is 5.82 Å². The van der Waals surface area contributed by atoms with Gasteiger partial charge < -0.3 is 10.0 Å². The summed E-state index contributed by atoms with van der Waals surface area (Å²) < 4.78 is 0. The second-order valence-electron chi connectivity index (χ2n) is 6.78. The summed E-state index contributed by atoms with van der Waals surface area (Å²) in [4.78, 5) is 11.9. The minimum absolute atomic E-state index is 0.0533. The van der Waals surface area contributed by atoms with Gasteiger partial charge in [0.05, 0.1) is 6.10 Å². The zero-order valence-electron chi connectivity index (χ0n) is 13.3. The Morgan fingerprint density at radius 2 is 1.52 bits per heavy atom. The Hall–Kier alpha value is -1.00. The van der Waals surface area contributed by atoms with Gasteiger partial charge in [-0.3, -0.25) is 0 Å². The Morgan fingerprint density at radius 3 is 2.10 bits per heavy atom. The zero-order chi connectivity index (χ0) is 14.8. The van der Waals surface area contributed by atoms with E-state index in [1.165, 1.54) is 12.8 Å². The van der Waals surface area contributed by atoms with E-state index in [4.69, 9.17) is 0 Å². The van der Waals surface area contributed by atoms with Crippen LogP contribution in [0.15, 0.2) is 6.07 Å². The first-order valence-corrected chi connectivity index (χ1v) is 8.36. The summed E-state index contributed by atoms with van der Waals surface area (Å²) in [6.45, 7) is 6.42. The van der Waals surface area contributed by atoms with E-state index >= 15 is 0 Å². The first-order valence-electron chi connectivity index (χ1n) is 8.36. The molecule has 0 atom stereocenters. The number of piperidine rings is 1. The second kappa shape index (κ2) is 6.41. The summed E-state index contributed by atoms with van der Waals surface area (Å²) in [5.41, 5.74) is 2.17. The van der Waals surface area contributed by atoms with E-state index in [1.54, 1.807) is 0 Å². The highest BCUT2D eigenvalue weighted by atomic mass is 16.3. The molecule has 1 aliphatic carbocycles. The molecule has 0 spiro atoms. The Morgan fingerprint density at radius 1 is 0.952 bits per heavy atom. The van der Waals surface area contributed by atoms with Crippen LogP contribution in [0.1, 0.15) is 61.7 Å². The summed E-state index contributed by atoms with van der Waals surface area (Å²) >= 11 is 0. The third kappa shape index (κ3) is 3.61. The highest BCUT2D eigenvalue weighted by Gasteiger charge is 2.29. The third-order valence-corrected chi connectivity index (χ3v) is 5.08. The van der Waals surface area contributed by atoms with Crippen LogP contribution in [-0.4, -0.2) is 45.2 Å².